The van der Waals surface area contributed by atoms with E-state index in [1.165, 1.54) is 0 Å². The van der Waals surface area contributed by atoms with Gasteiger partial charge in [-0.3, -0.25) is 19.2 Å². The maximum Gasteiger partial charge on any atom is 0.255 e. The molecule has 0 aromatic heterocycles. The van der Waals surface area contributed by atoms with Gasteiger partial charge in [-0.05, 0) is 85.3 Å². The summed E-state index contributed by atoms with van der Waals surface area (Å²) in [7, 11) is 0. The Hall–Kier alpha value is -5.52. The summed E-state index contributed by atoms with van der Waals surface area (Å²) >= 11 is 0. The number of likely N-dealkylation sites (tertiary alicyclic amines) is 2. The summed E-state index contributed by atoms with van der Waals surface area (Å²) in [6.07, 6.45) is 4.31. The number of rotatable bonds is 18. The zero-order valence-electron chi connectivity index (χ0n) is 36.8. The molecule has 15 nitrogen and oxygen atoms in total. The molecule has 4 fully saturated rings. The van der Waals surface area contributed by atoms with Gasteiger partial charge in [0, 0.05) is 98.8 Å². The molecular weight excluding hydrogens is 829 g/mol. The number of amides is 4. The lowest BCUT2D eigenvalue weighted by atomic mass is 10.0. The van der Waals surface area contributed by atoms with Crippen molar-refractivity contribution in [2.75, 3.05) is 76.3 Å². The van der Waals surface area contributed by atoms with Crippen LogP contribution in [-0.2, 0) is 46.4 Å². The van der Waals surface area contributed by atoms with Gasteiger partial charge in [0.15, 0.2) is 12.6 Å². The summed E-state index contributed by atoms with van der Waals surface area (Å²) in [5.41, 5.74) is 5.92. The van der Waals surface area contributed by atoms with E-state index in [1.807, 2.05) is 72.8 Å². The topological polar surface area (TPSA) is 169 Å². The van der Waals surface area contributed by atoms with Crippen LogP contribution in [0.25, 0.3) is 0 Å². The van der Waals surface area contributed by atoms with E-state index in [0.29, 0.717) is 87.9 Å². The van der Waals surface area contributed by atoms with E-state index in [1.54, 1.807) is 24.3 Å². The van der Waals surface area contributed by atoms with Gasteiger partial charge in [-0.15, -0.1) is 0 Å². The SMILES string of the molecule is O=C(CCN1CCC(OC2CCN(CCC(=O)NCc3cccc(C(=O)Nc4ccc(C5OCCO5)cc4)c3)CC2)CC1)NCc1cccc(C(=O)Nc2ccc(C3OCCO3)cc2)c1. The lowest BCUT2D eigenvalue weighted by Crippen LogP contribution is -2.43. The highest BCUT2D eigenvalue weighted by Gasteiger charge is 2.27. The summed E-state index contributed by atoms with van der Waals surface area (Å²) in [5.74, 6) is -0.480. The number of nitrogens with zero attached hydrogens (tertiary/aromatic N) is 2. The van der Waals surface area contributed by atoms with Crippen molar-refractivity contribution in [1.29, 1.82) is 0 Å². The lowest BCUT2D eigenvalue weighted by Gasteiger charge is -2.37. The molecule has 4 N–H and O–H groups in total. The number of hydrogen-bond acceptors (Lipinski definition) is 11. The summed E-state index contributed by atoms with van der Waals surface area (Å²) in [5, 5.41) is 11.9. The van der Waals surface area contributed by atoms with Gasteiger partial charge in [0.1, 0.15) is 0 Å². The highest BCUT2D eigenvalue weighted by molar-refractivity contribution is 6.05. The third-order valence-corrected chi connectivity index (χ3v) is 12.2. The molecule has 4 aromatic carbocycles. The number of piperidine rings is 2. The smallest absolute Gasteiger partial charge is 0.255 e. The number of benzene rings is 4. The molecule has 0 saturated carbocycles. The zero-order valence-corrected chi connectivity index (χ0v) is 36.8. The van der Waals surface area contributed by atoms with Gasteiger partial charge in [0.25, 0.3) is 11.8 Å². The van der Waals surface area contributed by atoms with E-state index in [-0.39, 0.29) is 48.4 Å². The maximum atomic E-state index is 13.0. The van der Waals surface area contributed by atoms with Gasteiger partial charge < -0.3 is 54.8 Å². The summed E-state index contributed by atoms with van der Waals surface area (Å²) in [6.45, 7) is 7.96. The fourth-order valence-electron chi connectivity index (χ4n) is 8.51. The van der Waals surface area contributed by atoms with Crippen LogP contribution < -0.4 is 21.3 Å². The average molecular weight is 889 g/mol. The van der Waals surface area contributed by atoms with E-state index in [0.717, 1.165) is 74.1 Å². The van der Waals surface area contributed by atoms with Gasteiger partial charge in [-0.25, -0.2) is 0 Å². The number of hydrogen-bond donors (Lipinski definition) is 4. The molecule has 15 heteroatoms. The van der Waals surface area contributed by atoms with Crippen LogP contribution in [0.15, 0.2) is 97.1 Å². The van der Waals surface area contributed by atoms with Crippen LogP contribution in [0, 0.1) is 0 Å². The third-order valence-electron chi connectivity index (χ3n) is 12.2. The van der Waals surface area contributed by atoms with E-state index in [2.05, 4.69) is 31.1 Å². The molecule has 0 radical (unpaired) electrons. The van der Waals surface area contributed by atoms with Crippen molar-refractivity contribution in [2.45, 2.75) is 76.4 Å². The van der Waals surface area contributed by atoms with Crippen molar-refractivity contribution < 1.29 is 42.9 Å². The highest BCUT2D eigenvalue weighted by atomic mass is 16.7. The molecule has 4 amide bonds. The Morgan fingerprint density at radius 3 is 1.29 bits per heavy atom. The molecule has 0 spiro atoms. The normalized spacial score (nSPS) is 18.1. The Morgan fingerprint density at radius 1 is 0.523 bits per heavy atom. The minimum atomic E-state index is -0.360. The van der Waals surface area contributed by atoms with Crippen LogP contribution in [0.1, 0.15) is 94.1 Å². The van der Waals surface area contributed by atoms with E-state index in [4.69, 9.17) is 23.7 Å². The Morgan fingerprint density at radius 2 is 0.908 bits per heavy atom. The second-order valence-electron chi connectivity index (χ2n) is 17.0. The molecule has 0 atom stereocenters. The molecule has 0 bridgehead atoms. The summed E-state index contributed by atoms with van der Waals surface area (Å²) in [4.78, 5) is 56.1. The van der Waals surface area contributed by atoms with E-state index in [9.17, 15) is 19.2 Å². The average Bonchev–Trinajstić information content (AvgIpc) is 4.10. The van der Waals surface area contributed by atoms with Crippen molar-refractivity contribution in [1.82, 2.24) is 20.4 Å². The quantitative estimate of drug-likeness (QED) is 0.0934. The number of ether oxygens (including phenoxy) is 5. The molecule has 344 valence electrons. The molecule has 65 heavy (non-hydrogen) atoms. The lowest BCUT2D eigenvalue weighted by molar-refractivity contribution is -0.122. The minimum absolute atomic E-state index is 0.0189. The first kappa shape index (κ1) is 46.0. The minimum Gasteiger partial charge on any atom is -0.375 e. The third kappa shape index (κ3) is 13.7. The monoisotopic (exact) mass is 888 g/mol. The van der Waals surface area contributed by atoms with Crippen molar-refractivity contribution >= 4 is 35.0 Å². The molecule has 4 heterocycles. The Kier molecular flexibility index (Phi) is 16.3. The van der Waals surface area contributed by atoms with Crippen LogP contribution in [-0.4, -0.2) is 111 Å². The molecular formula is C50H60N6O9. The second-order valence-corrected chi connectivity index (χ2v) is 17.0. The van der Waals surface area contributed by atoms with Gasteiger partial charge in [-0.1, -0.05) is 48.5 Å². The molecule has 0 unspecified atom stereocenters. The number of carbonyl (C=O) groups excluding carboxylic acids is 4. The van der Waals surface area contributed by atoms with Crippen molar-refractivity contribution in [3.63, 3.8) is 0 Å². The first-order valence-corrected chi connectivity index (χ1v) is 22.9. The van der Waals surface area contributed by atoms with Crippen LogP contribution in [0.2, 0.25) is 0 Å². The van der Waals surface area contributed by atoms with Crippen LogP contribution in [0.3, 0.4) is 0 Å². The van der Waals surface area contributed by atoms with Crippen LogP contribution in [0.5, 0.6) is 0 Å². The first-order chi connectivity index (χ1) is 31.8. The van der Waals surface area contributed by atoms with Gasteiger partial charge >= 0.3 is 0 Å². The Balaban J connectivity index is 0.658. The number of carbonyl (C=O) groups is 4. The molecule has 0 aliphatic carbocycles. The number of anilines is 2. The van der Waals surface area contributed by atoms with Crippen molar-refractivity contribution in [3.05, 3.63) is 130 Å². The van der Waals surface area contributed by atoms with Gasteiger partial charge in [-0.2, -0.15) is 0 Å². The zero-order chi connectivity index (χ0) is 44.8. The highest BCUT2D eigenvalue weighted by Crippen LogP contribution is 2.26. The standard InChI is InChI=1S/C50H60N6O9/c57-45(51-33-35-3-1-5-39(31-35)47(59)53-41-11-7-37(8-12-41)49-61-27-28-62-49)19-25-55-21-15-43(16-22-55)65-44-17-23-56(24-18-44)26-20-46(58)52-34-36-4-2-6-40(32-36)48(60)54-42-13-9-38(10-14-42)50-63-29-30-64-50/h1-14,31-32,43-44,49-50H,15-30,33-34H2,(H,51,57)(H,52,58)(H,53,59)(H,54,60). The second kappa shape index (κ2) is 23.1. The fraction of sp³-hybridized carbons (Fsp3) is 0.440. The maximum absolute atomic E-state index is 13.0. The van der Waals surface area contributed by atoms with Crippen molar-refractivity contribution in [2.24, 2.45) is 0 Å². The predicted molar refractivity (Wildman–Crippen MR) is 244 cm³/mol. The Bertz CT molecular complexity index is 2040. The summed E-state index contributed by atoms with van der Waals surface area (Å²) < 4.78 is 28.7. The Labute approximate surface area is 380 Å². The molecule has 8 rings (SSSR count). The van der Waals surface area contributed by atoms with Crippen molar-refractivity contribution in [3.8, 4) is 0 Å². The van der Waals surface area contributed by atoms with Crippen LogP contribution in [0.4, 0.5) is 11.4 Å². The van der Waals surface area contributed by atoms with E-state index < -0.39 is 0 Å². The van der Waals surface area contributed by atoms with Gasteiger partial charge in [0.05, 0.1) is 38.6 Å². The van der Waals surface area contributed by atoms with E-state index >= 15 is 0 Å². The molecule has 4 aliphatic heterocycles. The largest absolute Gasteiger partial charge is 0.375 e. The number of nitrogens with one attached hydrogen (secondary N) is 4. The first-order valence-electron chi connectivity index (χ1n) is 22.9. The fourth-order valence-corrected chi connectivity index (χ4v) is 8.51. The molecule has 4 aliphatic rings. The predicted octanol–water partition coefficient (Wildman–Crippen LogP) is 5.94. The summed E-state index contributed by atoms with van der Waals surface area (Å²) in [6, 6.07) is 29.4. The molecule has 4 saturated heterocycles. The van der Waals surface area contributed by atoms with Gasteiger partial charge in [0.2, 0.25) is 11.8 Å². The molecule has 4 aromatic rings. The van der Waals surface area contributed by atoms with Crippen LogP contribution >= 0.6 is 0 Å².